The second-order valence-electron chi connectivity index (χ2n) is 11.2. The van der Waals surface area contributed by atoms with Crippen LogP contribution in [0.1, 0.15) is 112 Å². The topological polar surface area (TPSA) is 63.1 Å². The van der Waals surface area contributed by atoms with Crippen molar-refractivity contribution in [3.05, 3.63) is 47.5 Å². The average molecular weight is 518 g/mol. The van der Waals surface area contributed by atoms with E-state index >= 15 is 0 Å². The van der Waals surface area contributed by atoms with Gasteiger partial charge in [0.15, 0.2) is 0 Å². The Labute approximate surface area is 224 Å². The fraction of sp³-hybridized carbons (Fsp3) is 0.690. The Bertz CT molecular complexity index is 1210. The summed E-state index contributed by atoms with van der Waals surface area (Å²) >= 11 is 0. The van der Waals surface area contributed by atoms with Crippen molar-refractivity contribution in [3.8, 4) is 0 Å². The van der Waals surface area contributed by atoms with E-state index in [1.807, 2.05) is 37.3 Å². The van der Waals surface area contributed by atoms with Crippen molar-refractivity contribution in [2.75, 3.05) is 6.54 Å². The molecule has 3 heterocycles. The minimum absolute atomic E-state index is 0.287. The maximum Gasteiger partial charge on any atom is 0.248 e. The molecule has 2 bridgehead atoms. The van der Waals surface area contributed by atoms with Crippen molar-refractivity contribution in [1.82, 2.24) is 25.0 Å². The second kappa shape index (κ2) is 10.8. The van der Waals surface area contributed by atoms with Gasteiger partial charge in [-0.2, -0.15) is 0 Å². The monoisotopic (exact) mass is 517 g/mol. The van der Waals surface area contributed by atoms with Crippen molar-refractivity contribution < 1.29 is 19.1 Å². The molecule has 202 valence electrons. The highest BCUT2D eigenvalue weighted by Crippen LogP contribution is 2.42. The molecule has 1 aromatic heterocycles. The number of halogens is 2. The van der Waals surface area contributed by atoms with E-state index in [2.05, 4.69) is 38.8 Å². The number of amides is 1. The van der Waals surface area contributed by atoms with Gasteiger partial charge >= 0.3 is 0 Å². The first-order valence-corrected chi connectivity index (χ1v) is 13.6. The molecule has 8 heteroatoms. The number of fused-ring (bicyclic) bond motifs is 2. The van der Waals surface area contributed by atoms with Crippen LogP contribution < -0.4 is 5.32 Å². The van der Waals surface area contributed by atoms with Gasteiger partial charge in [-0.1, -0.05) is 44.2 Å². The van der Waals surface area contributed by atoms with Gasteiger partial charge in [-0.05, 0) is 57.3 Å². The third-order valence-electron chi connectivity index (χ3n) is 8.22. The summed E-state index contributed by atoms with van der Waals surface area (Å²) in [5.74, 6) is -3.93. The predicted octanol–water partition coefficient (Wildman–Crippen LogP) is 5.95. The number of hydrogen-bond acceptors (Lipinski definition) is 4. The smallest absolute Gasteiger partial charge is 0.248 e. The van der Waals surface area contributed by atoms with Gasteiger partial charge in [-0.25, -0.2) is 8.78 Å². The summed E-state index contributed by atoms with van der Waals surface area (Å²) in [4.78, 5) is 16.0. The number of nitrogens with one attached hydrogen (secondary N) is 1. The number of hydrogen-bond donors (Lipinski definition) is 1. The maximum atomic E-state index is 14.1. The molecule has 1 aliphatic carbocycles. The highest BCUT2D eigenvalue weighted by molar-refractivity contribution is 5.79. The summed E-state index contributed by atoms with van der Waals surface area (Å²) in [5, 5.41) is 11.7. The van der Waals surface area contributed by atoms with E-state index in [1.165, 1.54) is 0 Å². The lowest BCUT2D eigenvalue weighted by Gasteiger charge is -2.40. The average Bonchev–Trinajstić information content (AvgIpc) is 3.35. The summed E-state index contributed by atoms with van der Waals surface area (Å²) in [6.07, 6.45) is -2.96. The quantitative estimate of drug-likeness (QED) is 0.470. The fourth-order valence-corrected chi connectivity index (χ4v) is 6.42. The van der Waals surface area contributed by atoms with E-state index in [9.17, 15) is 13.6 Å². The molecule has 3 fully saturated rings. The first-order valence-electron chi connectivity index (χ1n) is 15.6. The lowest BCUT2D eigenvalue weighted by molar-refractivity contribution is -0.130. The molecule has 1 amide bonds. The molecule has 1 N–H and O–H groups in total. The third-order valence-corrected chi connectivity index (χ3v) is 8.22. The van der Waals surface area contributed by atoms with Gasteiger partial charge in [0.25, 0.3) is 0 Å². The van der Waals surface area contributed by atoms with Crippen molar-refractivity contribution in [2.45, 2.75) is 114 Å². The summed E-state index contributed by atoms with van der Waals surface area (Å²) in [6, 6.07) is 9.96. The standard InChI is InChI=1S/C29H41F2N5O/c1-19(2)27-34-33-20(3)36(27)25-17-23-9-10-24(18-25)35(23)16-13-26(21-7-5-4-6-8-21)32-28(37)22-11-14-29(30,31)15-12-22/h4-8,19,22-26H,9-18H2,1-3H3,(H,32,37)/i11D2,12D2. The molecular formula is C29H41F2N5O. The van der Waals surface area contributed by atoms with Crippen molar-refractivity contribution in [2.24, 2.45) is 5.92 Å². The first kappa shape index (κ1) is 21.6. The number of benzene rings is 1. The number of piperidine rings is 1. The Kier molecular flexibility index (Phi) is 6.29. The summed E-state index contributed by atoms with van der Waals surface area (Å²) < 4.78 is 63.4. The molecule has 2 saturated heterocycles. The number of carbonyl (C=O) groups is 1. The number of aryl methyl sites for hydroxylation is 1. The molecule has 0 radical (unpaired) electrons. The third kappa shape index (κ3) is 5.74. The number of alkyl halides is 2. The van der Waals surface area contributed by atoms with Crippen LogP contribution in [0.5, 0.6) is 0 Å². The Hall–Kier alpha value is -2.35. The van der Waals surface area contributed by atoms with Crippen molar-refractivity contribution in [3.63, 3.8) is 0 Å². The normalized spacial score (nSPS) is 31.2. The Morgan fingerprint density at radius 3 is 2.38 bits per heavy atom. The minimum atomic E-state index is -3.50. The Balaban J connectivity index is 1.30. The summed E-state index contributed by atoms with van der Waals surface area (Å²) in [5.41, 5.74) is 0.826. The second-order valence-corrected chi connectivity index (χ2v) is 11.2. The van der Waals surface area contributed by atoms with Crippen LogP contribution in [0.25, 0.3) is 0 Å². The van der Waals surface area contributed by atoms with Gasteiger partial charge in [-0.3, -0.25) is 9.69 Å². The van der Waals surface area contributed by atoms with E-state index in [0.717, 1.165) is 42.9 Å². The molecule has 2 aromatic rings. The van der Waals surface area contributed by atoms with Crippen LogP contribution in [0.3, 0.4) is 0 Å². The van der Waals surface area contributed by atoms with E-state index in [1.54, 1.807) is 0 Å². The molecule has 3 atom stereocenters. The lowest BCUT2D eigenvalue weighted by Crippen LogP contribution is -2.45. The highest BCUT2D eigenvalue weighted by Gasteiger charge is 2.42. The molecule has 1 saturated carbocycles. The van der Waals surface area contributed by atoms with Crippen LogP contribution in [0.15, 0.2) is 30.3 Å². The summed E-state index contributed by atoms with van der Waals surface area (Å²) in [7, 11) is 0. The Morgan fingerprint density at radius 2 is 1.76 bits per heavy atom. The van der Waals surface area contributed by atoms with Gasteiger partial charge in [0, 0.05) is 54.8 Å². The predicted molar refractivity (Wildman–Crippen MR) is 139 cm³/mol. The van der Waals surface area contributed by atoms with Crippen LogP contribution >= 0.6 is 0 Å². The minimum Gasteiger partial charge on any atom is -0.349 e. The summed E-state index contributed by atoms with van der Waals surface area (Å²) in [6.45, 7) is 7.00. The lowest BCUT2D eigenvalue weighted by atomic mass is 9.86. The van der Waals surface area contributed by atoms with Crippen LogP contribution in [0, 0.1) is 12.8 Å². The highest BCUT2D eigenvalue weighted by atomic mass is 19.3. The number of carbonyl (C=O) groups excluding carboxylic acids is 1. The molecule has 6 nitrogen and oxygen atoms in total. The van der Waals surface area contributed by atoms with Gasteiger partial charge in [0.1, 0.15) is 11.6 Å². The van der Waals surface area contributed by atoms with Crippen LogP contribution in [0.2, 0.25) is 0 Å². The molecule has 1 aromatic carbocycles. The van der Waals surface area contributed by atoms with E-state index in [0.29, 0.717) is 31.1 Å². The van der Waals surface area contributed by atoms with Gasteiger partial charge in [-0.15, -0.1) is 10.2 Å². The number of nitrogens with zero attached hydrogens (tertiary/aromatic N) is 4. The SMILES string of the molecule is [2H]C1([2H])CC(F)(F)CC([2H])([2H])C1C(=O)NC(CCN1C2CCC1CC(n1c(C)nnc1C(C)C)C2)c1ccccc1. The van der Waals surface area contributed by atoms with Crippen molar-refractivity contribution >= 4 is 5.91 Å². The first-order chi connectivity index (χ1) is 19.2. The van der Waals surface area contributed by atoms with E-state index in [-0.39, 0.29) is 5.92 Å². The fourth-order valence-electron chi connectivity index (χ4n) is 6.42. The van der Waals surface area contributed by atoms with Crippen LogP contribution in [-0.2, 0) is 4.79 Å². The molecule has 5 rings (SSSR count). The number of rotatable bonds is 8. The molecular weight excluding hydrogens is 472 g/mol. The zero-order chi connectivity index (χ0) is 29.7. The molecule has 37 heavy (non-hydrogen) atoms. The largest absolute Gasteiger partial charge is 0.349 e. The molecule has 3 aliphatic rings. The van der Waals surface area contributed by atoms with Gasteiger partial charge in [0.05, 0.1) is 6.04 Å². The zero-order valence-corrected chi connectivity index (χ0v) is 22.0. The van der Waals surface area contributed by atoms with Gasteiger partial charge in [0.2, 0.25) is 11.8 Å². The molecule has 3 unspecified atom stereocenters. The van der Waals surface area contributed by atoms with Crippen LogP contribution in [0.4, 0.5) is 8.78 Å². The molecule has 2 aliphatic heterocycles. The van der Waals surface area contributed by atoms with E-state index in [4.69, 9.17) is 5.48 Å². The zero-order valence-electron chi connectivity index (χ0n) is 26.0. The molecule has 0 spiro atoms. The maximum absolute atomic E-state index is 14.1. The van der Waals surface area contributed by atoms with Crippen molar-refractivity contribution in [1.29, 1.82) is 0 Å². The van der Waals surface area contributed by atoms with Gasteiger partial charge < -0.3 is 9.88 Å². The Morgan fingerprint density at radius 1 is 1.11 bits per heavy atom. The number of aromatic nitrogens is 3. The van der Waals surface area contributed by atoms with E-state index < -0.39 is 49.4 Å². The van der Waals surface area contributed by atoms with Crippen LogP contribution in [-0.4, -0.2) is 50.1 Å².